The maximum atomic E-state index is 11.5. The molecule has 1 aliphatic heterocycles. The molecule has 1 atom stereocenters. The first-order chi connectivity index (χ1) is 6.24. The average molecular weight is 177 g/mol. The predicted molar refractivity (Wildman–Crippen MR) is 48.9 cm³/mol. The number of benzene rings is 1. The Morgan fingerprint density at radius 3 is 2.92 bits per heavy atom. The van der Waals surface area contributed by atoms with Crippen LogP contribution in [0.2, 0.25) is 0 Å². The fraction of sp³-hybridized carbons (Fsp3) is 0.300. The number of hydrogen-bond donors (Lipinski definition) is 1. The Labute approximate surface area is 76.7 Å². The molecule has 1 aromatic rings. The number of amides is 1. The number of carbonyl (C=O) groups excluding carboxylic acids is 1. The number of rotatable bonds is 1. The van der Waals surface area contributed by atoms with Crippen molar-refractivity contribution >= 4 is 5.91 Å². The van der Waals surface area contributed by atoms with Gasteiger partial charge in [-0.3, -0.25) is 4.79 Å². The monoisotopic (exact) mass is 177 g/mol. The van der Waals surface area contributed by atoms with E-state index < -0.39 is 0 Å². The highest BCUT2D eigenvalue weighted by Crippen LogP contribution is 2.31. The van der Waals surface area contributed by atoms with Gasteiger partial charge in [0.05, 0.1) is 18.7 Å². The Hall–Kier alpha value is -1.51. The molecule has 0 radical (unpaired) electrons. The summed E-state index contributed by atoms with van der Waals surface area (Å²) < 4.78 is 5.11. The van der Waals surface area contributed by atoms with E-state index in [0.29, 0.717) is 11.3 Å². The summed E-state index contributed by atoms with van der Waals surface area (Å²) in [6.07, 6.45) is 0. The molecule has 0 saturated carbocycles. The molecule has 0 aliphatic carbocycles. The minimum absolute atomic E-state index is 0.0417. The molecule has 2 rings (SSSR count). The molecular formula is C10H11NO2. The molecule has 0 bridgehead atoms. The lowest BCUT2D eigenvalue weighted by atomic mass is 10.1. The molecule has 1 heterocycles. The van der Waals surface area contributed by atoms with Gasteiger partial charge < -0.3 is 10.1 Å². The minimum Gasteiger partial charge on any atom is -0.496 e. The Morgan fingerprint density at radius 2 is 2.23 bits per heavy atom. The Balaban J connectivity index is 2.62. The van der Waals surface area contributed by atoms with Crippen molar-refractivity contribution in [3.8, 4) is 5.75 Å². The summed E-state index contributed by atoms with van der Waals surface area (Å²) in [7, 11) is 1.58. The third-order valence-electron chi connectivity index (χ3n) is 2.32. The Kier molecular flexibility index (Phi) is 1.72. The van der Waals surface area contributed by atoms with Crippen molar-refractivity contribution in [3.05, 3.63) is 29.3 Å². The van der Waals surface area contributed by atoms with Crippen LogP contribution in [-0.4, -0.2) is 13.0 Å². The molecule has 3 nitrogen and oxygen atoms in total. The van der Waals surface area contributed by atoms with Gasteiger partial charge in [0.1, 0.15) is 5.75 Å². The number of carbonyl (C=O) groups is 1. The number of hydrogen-bond acceptors (Lipinski definition) is 2. The van der Waals surface area contributed by atoms with Gasteiger partial charge in [0.25, 0.3) is 5.91 Å². The van der Waals surface area contributed by atoms with Gasteiger partial charge in [-0.1, -0.05) is 12.1 Å². The third kappa shape index (κ3) is 1.08. The SMILES string of the molecule is COc1cccc2c1C(=O)N[C@H]2C. The lowest BCUT2D eigenvalue weighted by molar-refractivity contribution is 0.0956. The summed E-state index contributed by atoms with van der Waals surface area (Å²) in [5.41, 5.74) is 1.70. The van der Waals surface area contributed by atoms with E-state index in [1.165, 1.54) is 0 Å². The van der Waals surface area contributed by atoms with Gasteiger partial charge in [-0.2, -0.15) is 0 Å². The Bertz CT molecular complexity index is 360. The normalized spacial score (nSPS) is 19.5. The van der Waals surface area contributed by atoms with Crippen molar-refractivity contribution in [2.45, 2.75) is 13.0 Å². The van der Waals surface area contributed by atoms with Crippen LogP contribution in [0.25, 0.3) is 0 Å². The van der Waals surface area contributed by atoms with Crippen LogP contribution in [0.1, 0.15) is 28.9 Å². The summed E-state index contributed by atoms with van der Waals surface area (Å²) in [5.74, 6) is 0.610. The molecule has 0 spiro atoms. The maximum Gasteiger partial charge on any atom is 0.255 e. The Morgan fingerprint density at radius 1 is 1.46 bits per heavy atom. The van der Waals surface area contributed by atoms with Crippen molar-refractivity contribution in [1.29, 1.82) is 0 Å². The number of fused-ring (bicyclic) bond motifs is 1. The summed E-state index contributed by atoms with van der Waals surface area (Å²) in [6, 6.07) is 5.74. The zero-order chi connectivity index (χ0) is 9.42. The van der Waals surface area contributed by atoms with E-state index in [0.717, 1.165) is 5.56 Å². The van der Waals surface area contributed by atoms with E-state index in [1.54, 1.807) is 13.2 Å². The first-order valence-corrected chi connectivity index (χ1v) is 4.22. The van der Waals surface area contributed by atoms with Crippen molar-refractivity contribution in [2.24, 2.45) is 0 Å². The zero-order valence-electron chi connectivity index (χ0n) is 7.63. The quantitative estimate of drug-likeness (QED) is 0.706. The van der Waals surface area contributed by atoms with Gasteiger partial charge in [-0.15, -0.1) is 0 Å². The van der Waals surface area contributed by atoms with Crippen LogP contribution in [0.4, 0.5) is 0 Å². The van der Waals surface area contributed by atoms with E-state index in [1.807, 2.05) is 19.1 Å². The van der Waals surface area contributed by atoms with E-state index in [9.17, 15) is 4.79 Å². The fourth-order valence-corrected chi connectivity index (χ4v) is 1.67. The van der Waals surface area contributed by atoms with Crippen molar-refractivity contribution in [1.82, 2.24) is 5.32 Å². The molecule has 1 N–H and O–H groups in total. The zero-order valence-corrected chi connectivity index (χ0v) is 7.63. The first kappa shape index (κ1) is 8.10. The van der Waals surface area contributed by atoms with Crippen LogP contribution in [0.5, 0.6) is 5.75 Å². The van der Waals surface area contributed by atoms with Crippen molar-refractivity contribution in [2.75, 3.05) is 7.11 Å². The second-order valence-corrected chi connectivity index (χ2v) is 3.12. The maximum absolute atomic E-state index is 11.5. The summed E-state index contributed by atoms with van der Waals surface area (Å²) in [6.45, 7) is 1.96. The van der Waals surface area contributed by atoms with Crippen molar-refractivity contribution in [3.63, 3.8) is 0 Å². The van der Waals surface area contributed by atoms with Crippen LogP contribution in [0.15, 0.2) is 18.2 Å². The van der Waals surface area contributed by atoms with E-state index in [4.69, 9.17) is 4.74 Å². The van der Waals surface area contributed by atoms with Crippen LogP contribution in [0.3, 0.4) is 0 Å². The molecule has 1 aliphatic rings. The van der Waals surface area contributed by atoms with Gasteiger partial charge >= 0.3 is 0 Å². The first-order valence-electron chi connectivity index (χ1n) is 4.22. The third-order valence-corrected chi connectivity index (χ3v) is 2.32. The van der Waals surface area contributed by atoms with Gasteiger partial charge in [0, 0.05) is 0 Å². The van der Waals surface area contributed by atoms with Crippen LogP contribution in [-0.2, 0) is 0 Å². The molecule has 1 aromatic carbocycles. The topological polar surface area (TPSA) is 38.3 Å². The van der Waals surface area contributed by atoms with Crippen molar-refractivity contribution < 1.29 is 9.53 Å². The van der Waals surface area contributed by atoms with Gasteiger partial charge in [0.15, 0.2) is 0 Å². The van der Waals surface area contributed by atoms with E-state index >= 15 is 0 Å². The second kappa shape index (κ2) is 2.76. The van der Waals surface area contributed by atoms with E-state index in [-0.39, 0.29) is 11.9 Å². The van der Waals surface area contributed by atoms with Gasteiger partial charge in [0.2, 0.25) is 0 Å². The lowest BCUT2D eigenvalue weighted by Crippen LogP contribution is -2.16. The highest BCUT2D eigenvalue weighted by molar-refractivity contribution is 6.01. The molecule has 13 heavy (non-hydrogen) atoms. The summed E-state index contributed by atoms with van der Waals surface area (Å²) in [4.78, 5) is 11.5. The molecule has 1 amide bonds. The largest absolute Gasteiger partial charge is 0.496 e. The van der Waals surface area contributed by atoms with Crippen LogP contribution in [0, 0.1) is 0 Å². The number of ether oxygens (including phenoxy) is 1. The fourth-order valence-electron chi connectivity index (χ4n) is 1.67. The molecule has 0 saturated heterocycles. The highest BCUT2D eigenvalue weighted by atomic mass is 16.5. The molecule has 68 valence electrons. The molecule has 0 aromatic heterocycles. The number of nitrogens with one attached hydrogen (secondary N) is 1. The van der Waals surface area contributed by atoms with Crippen LogP contribution >= 0.6 is 0 Å². The molecule has 3 heteroatoms. The standard InChI is InChI=1S/C10H11NO2/c1-6-7-4-3-5-8(13-2)9(7)10(12)11-6/h3-6H,1-2H3,(H,11,12)/t6-/m0/s1. The van der Waals surface area contributed by atoms with Gasteiger partial charge in [-0.25, -0.2) is 0 Å². The van der Waals surface area contributed by atoms with Gasteiger partial charge in [-0.05, 0) is 18.6 Å². The second-order valence-electron chi connectivity index (χ2n) is 3.12. The highest BCUT2D eigenvalue weighted by Gasteiger charge is 2.28. The number of methoxy groups -OCH3 is 1. The average Bonchev–Trinajstić information content (AvgIpc) is 2.43. The predicted octanol–water partition coefficient (Wildman–Crippen LogP) is 1.50. The van der Waals surface area contributed by atoms with Crippen LogP contribution < -0.4 is 10.1 Å². The lowest BCUT2D eigenvalue weighted by Gasteiger charge is -2.05. The summed E-state index contributed by atoms with van der Waals surface area (Å²) >= 11 is 0. The molecule has 0 unspecified atom stereocenters. The smallest absolute Gasteiger partial charge is 0.255 e. The minimum atomic E-state index is -0.0417. The molecular weight excluding hydrogens is 166 g/mol. The molecule has 0 fully saturated rings. The summed E-state index contributed by atoms with van der Waals surface area (Å²) in [5, 5.41) is 2.84. The van der Waals surface area contributed by atoms with E-state index in [2.05, 4.69) is 5.32 Å².